The summed E-state index contributed by atoms with van der Waals surface area (Å²) in [6.45, 7) is 4.47. The molecule has 0 bridgehead atoms. The number of nitrogens with one attached hydrogen (secondary N) is 1. The quantitative estimate of drug-likeness (QED) is 0.819. The molecule has 1 aliphatic heterocycles. The Morgan fingerprint density at radius 1 is 1.39 bits per heavy atom. The molecule has 1 saturated carbocycles. The maximum Gasteiger partial charge on any atom is 0.407 e. The molecule has 4 heteroatoms. The average molecular weight is 254 g/mol. The second-order valence-corrected chi connectivity index (χ2v) is 5.76. The van der Waals surface area contributed by atoms with Crippen molar-refractivity contribution in [3.8, 4) is 0 Å². The monoisotopic (exact) mass is 254 g/mol. The largest absolute Gasteiger partial charge is 0.453 e. The van der Waals surface area contributed by atoms with Crippen LogP contribution in [0.5, 0.6) is 0 Å². The fourth-order valence-corrected chi connectivity index (χ4v) is 3.01. The molecule has 1 saturated heterocycles. The first-order chi connectivity index (χ1) is 8.72. The van der Waals surface area contributed by atoms with E-state index in [0.29, 0.717) is 0 Å². The van der Waals surface area contributed by atoms with Gasteiger partial charge in [0.05, 0.1) is 7.11 Å². The van der Waals surface area contributed by atoms with Crippen LogP contribution < -0.4 is 5.32 Å². The van der Waals surface area contributed by atoms with Crippen LogP contribution in [0.25, 0.3) is 0 Å². The number of hydrogen-bond acceptors (Lipinski definition) is 3. The van der Waals surface area contributed by atoms with E-state index >= 15 is 0 Å². The predicted octanol–water partition coefficient (Wildman–Crippen LogP) is 2.39. The van der Waals surface area contributed by atoms with Crippen LogP contribution in [0.3, 0.4) is 0 Å². The zero-order valence-corrected chi connectivity index (χ0v) is 11.7. The zero-order chi connectivity index (χ0) is 13.0. The van der Waals surface area contributed by atoms with Crippen molar-refractivity contribution in [3.63, 3.8) is 0 Å². The van der Waals surface area contributed by atoms with E-state index in [-0.39, 0.29) is 12.1 Å². The molecule has 0 spiro atoms. The van der Waals surface area contributed by atoms with Gasteiger partial charge in [-0.15, -0.1) is 0 Å². The van der Waals surface area contributed by atoms with E-state index < -0.39 is 0 Å². The van der Waals surface area contributed by atoms with E-state index in [4.69, 9.17) is 4.74 Å². The Hall–Kier alpha value is -0.770. The highest BCUT2D eigenvalue weighted by Gasteiger charge is 2.36. The molecule has 0 aromatic carbocycles. The Labute approximate surface area is 110 Å². The minimum Gasteiger partial charge on any atom is -0.453 e. The Morgan fingerprint density at radius 2 is 2.17 bits per heavy atom. The third kappa shape index (κ3) is 3.87. The van der Waals surface area contributed by atoms with Crippen LogP contribution in [0, 0.1) is 5.92 Å². The van der Waals surface area contributed by atoms with Crippen LogP contribution in [-0.4, -0.2) is 43.3 Å². The Bertz CT molecular complexity index is 279. The van der Waals surface area contributed by atoms with Crippen LogP contribution >= 0.6 is 0 Å². The summed E-state index contributed by atoms with van der Waals surface area (Å²) in [6.07, 6.45) is 7.35. The second kappa shape index (κ2) is 6.41. The van der Waals surface area contributed by atoms with E-state index in [1.807, 2.05) is 0 Å². The van der Waals surface area contributed by atoms with Crippen molar-refractivity contribution in [1.29, 1.82) is 0 Å². The topological polar surface area (TPSA) is 41.6 Å². The molecular weight excluding hydrogens is 228 g/mol. The van der Waals surface area contributed by atoms with E-state index in [1.54, 1.807) is 0 Å². The van der Waals surface area contributed by atoms with Crippen LogP contribution in [0.4, 0.5) is 4.79 Å². The molecule has 1 heterocycles. The summed E-state index contributed by atoms with van der Waals surface area (Å²) < 4.78 is 4.71. The lowest BCUT2D eigenvalue weighted by Gasteiger charge is -2.38. The SMILES string of the molecule is CCCCC1CC(NC(=O)OC)CN(C2CC2)C1. The number of alkyl carbamates (subject to hydrolysis) is 1. The lowest BCUT2D eigenvalue weighted by atomic mass is 9.90. The molecule has 0 aromatic heterocycles. The molecule has 2 unspecified atom stereocenters. The van der Waals surface area contributed by atoms with Gasteiger partial charge in [0, 0.05) is 25.2 Å². The predicted molar refractivity (Wildman–Crippen MR) is 71.6 cm³/mol. The molecule has 2 fully saturated rings. The van der Waals surface area contributed by atoms with E-state index in [2.05, 4.69) is 17.1 Å². The summed E-state index contributed by atoms with van der Waals surface area (Å²) in [6, 6.07) is 1.06. The lowest BCUT2D eigenvalue weighted by molar-refractivity contribution is 0.116. The number of rotatable bonds is 5. The fourth-order valence-electron chi connectivity index (χ4n) is 3.01. The number of methoxy groups -OCH3 is 1. The molecule has 18 heavy (non-hydrogen) atoms. The smallest absolute Gasteiger partial charge is 0.407 e. The summed E-state index contributed by atoms with van der Waals surface area (Å²) >= 11 is 0. The van der Waals surface area contributed by atoms with Gasteiger partial charge in [-0.25, -0.2) is 4.79 Å². The number of amides is 1. The van der Waals surface area contributed by atoms with Crippen LogP contribution in [-0.2, 0) is 4.74 Å². The molecule has 4 nitrogen and oxygen atoms in total. The highest BCUT2D eigenvalue weighted by molar-refractivity contribution is 5.67. The van der Waals surface area contributed by atoms with Crippen LogP contribution in [0.2, 0.25) is 0 Å². The Balaban J connectivity index is 1.86. The summed E-state index contributed by atoms with van der Waals surface area (Å²) in [5.74, 6) is 0.737. The van der Waals surface area contributed by atoms with Crippen molar-refractivity contribution < 1.29 is 9.53 Å². The molecule has 1 N–H and O–H groups in total. The molecule has 1 aliphatic carbocycles. The molecule has 2 aliphatic rings. The number of ether oxygens (including phenoxy) is 1. The first-order valence-electron chi connectivity index (χ1n) is 7.31. The van der Waals surface area contributed by atoms with Gasteiger partial charge >= 0.3 is 6.09 Å². The third-order valence-corrected chi connectivity index (χ3v) is 4.10. The van der Waals surface area contributed by atoms with Gasteiger partial charge in [0.1, 0.15) is 0 Å². The highest BCUT2D eigenvalue weighted by Crippen LogP contribution is 2.32. The minimum atomic E-state index is -0.285. The zero-order valence-electron chi connectivity index (χ0n) is 11.7. The maximum absolute atomic E-state index is 11.3. The van der Waals surface area contributed by atoms with Crippen molar-refractivity contribution in [2.24, 2.45) is 5.92 Å². The van der Waals surface area contributed by atoms with Crippen molar-refractivity contribution in [1.82, 2.24) is 10.2 Å². The van der Waals surface area contributed by atoms with Crippen LogP contribution in [0.1, 0.15) is 45.4 Å². The van der Waals surface area contributed by atoms with E-state index in [0.717, 1.165) is 24.9 Å². The van der Waals surface area contributed by atoms with Gasteiger partial charge in [-0.3, -0.25) is 4.90 Å². The molecule has 2 rings (SSSR count). The number of unbranched alkanes of at least 4 members (excludes halogenated alkanes) is 1. The standard InChI is InChI=1S/C14H26N2O2/c1-3-4-5-11-8-12(15-14(17)18-2)10-16(9-11)13-6-7-13/h11-13H,3-10H2,1-2H3,(H,15,17). The van der Waals surface area contributed by atoms with Gasteiger partial charge < -0.3 is 10.1 Å². The van der Waals surface area contributed by atoms with Gasteiger partial charge in [-0.05, 0) is 31.6 Å². The van der Waals surface area contributed by atoms with E-state index in [1.165, 1.54) is 45.8 Å². The summed E-state index contributed by atoms with van der Waals surface area (Å²) in [7, 11) is 1.44. The summed E-state index contributed by atoms with van der Waals surface area (Å²) in [5.41, 5.74) is 0. The number of carbonyl (C=O) groups is 1. The Kier molecular flexibility index (Phi) is 4.87. The third-order valence-electron chi connectivity index (χ3n) is 4.10. The molecule has 0 aromatic rings. The number of piperidine rings is 1. The first kappa shape index (κ1) is 13.7. The van der Waals surface area contributed by atoms with Crippen molar-refractivity contribution in [2.45, 2.75) is 57.5 Å². The van der Waals surface area contributed by atoms with Gasteiger partial charge in [0.15, 0.2) is 0 Å². The minimum absolute atomic E-state index is 0.272. The maximum atomic E-state index is 11.3. The molecule has 104 valence electrons. The van der Waals surface area contributed by atoms with E-state index in [9.17, 15) is 4.79 Å². The number of likely N-dealkylation sites (tertiary alicyclic amines) is 1. The average Bonchev–Trinajstić information content (AvgIpc) is 3.20. The second-order valence-electron chi connectivity index (χ2n) is 5.76. The van der Waals surface area contributed by atoms with Crippen molar-refractivity contribution in [2.75, 3.05) is 20.2 Å². The molecule has 1 amide bonds. The molecular formula is C14H26N2O2. The summed E-state index contributed by atoms with van der Waals surface area (Å²) in [4.78, 5) is 13.9. The fraction of sp³-hybridized carbons (Fsp3) is 0.929. The number of carbonyl (C=O) groups excluding carboxylic acids is 1. The van der Waals surface area contributed by atoms with Crippen LogP contribution in [0.15, 0.2) is 0 Å². The Morgan fingerprint density at radius 3 is 2.78 bits per heavy atom. The van der Waals surface area contributed by atoms with Crippen molar-refractivity contribution in [3.05, 3.63) is 0 Å². The first-order valence-corrected chi connectivity index (χ1v) is 7.31. The molecule has 0 radical (unpaired) electrons. The van der Waals surface area contributed by atoms with Gasteiger partial charge in [-0.2, -0.15) is 0 Å². The molecule has 2 atom stereocenters. The normalized spacial score (nSPS) is 29.0. The van der Waals surface area contributed by atoms with Crippen molar-refractivity contribution >= 4 is 6.09 Å². The summed E-state index contributed by atoms with van der Waals surface area (Å²) in [5, 5.41) is 2.98. The van der Waals surface area contributed by atoms with Gasteiger partial charge in [0.2, 0.25) is 0 Å². The van der Waals surface area contributed by atoms with Gasteiger partial charge in [0.25, 0.3) is 0 Å². The highest BCUT2D eigenvalue weighted by atomic mass is 16.5. The number of nitrogens with zero attached hydrogens (tertiary/aromatic N) is 1. The number of hydrogen-bond donors (Lipinski definition) is 1. The lowest BCUT2D eigenvalue weighted by Crippen LogP contribution is -2.51. The van der Waals surface area contributed by atoms with Gasteiger partial charge in [-0.1, -0.05) is 19.8 Å².